The molecule has 2 atom stereocenters. The zero-order valence-corrected chi connectivity index (χ0v) is 20.8. The lowest BCUT2D eigenvalue weighted by Gasteiger charge is -2.19. The lowest BCUT2D eigenvalue weighted by Crippen LogP contribution is -2.31. The van der Waals surface area contributed by atoms with Crippen LogP contribution in [-0.4, -0.2) is 22.7 Å². The number of amides is 1. The molecule has 0 fully saturated rings. The van der Waals surface area contributed by atoms with Crippen LogP contribution in [0.5, 0.6) is 0 Å². The second-order valence-corrected chi connectivity index (χ2v) is 8.97. The molecule has 39 heavy (non-hydrogen) atoms. The third kappa shape index (κ3) is 5.94. The third-order valence-corrected chi connectivity index (χ3v) is 6.36. The Hall–Kier alpha value is -3.83. The number of hydrogen-bond acceptors (Lipinski definition) is 3. The van der Waals surface area contributed by atoms with Crippen LogP contribution in [-0.2, 0) is 23.6 Å². The Balaban J connectivity index is 1.78. The molecular formula is C28H24F6N2O3. The van der Waals surface area contributed by atoms with Gasteiger partial charge in [-0.25, -0.2) is 0 Å². The minimum atomic E-state index is -4.92. The topological polar surface area (TPSA) is 63.5 Å². The van der Waals surface area contributed by atoms with E-state index in [-0.39, 0.29) is 16.5 Å². The lowest BCUT2D eigenvalue weighted by atomic mass is 10.0. The van der Waals surface area contributed by atoms with Gasteiger partial charge in [0.05, 0.1) is 17.2 Å². The van der Waals surface area contributed by atoms with Crippen LogP contribution in [0.25, 0.3) is 10.9 Å². The number of para-hydroxylation sites is 1. The van der Waals surface area contributed by atoms with Crippen LogP contribution >= 0.6 is 0 Å². The highest BCUT2D eigenvalue weighted by Crippen LogP contribution is 2.40. The van der Waals surface area contributed by atoms with E-state index in [9.17, 15) is 36.2 Å². The van der Waals surface area contributed by atoms with Crippen LogP contribution in [0.15, 0.2) is 72.8 Å². The molecule has 0 bridgehead atoms. The van der Waals surface area contributed by atoms with Gasteiger partial charge in [-0.15, -0.1) is 0 Å². The Morgan fingerprint density at radius 3 is 2.18 bits per heavy atom. The molecule has 1 heterocycles. The zero-order chi connectivity index (χ0) is 28.5. The summed E-state index contributed by atoms with van der Waals surface area (Å²) in [5.41, 5.74) is -1.71. The monoisotopic (exact) mass is 550 g/mol. The molecule has 0 saturated heterocycles. The number of hydrogen-bond donors (Lipinski definition) is 2. The Bertz CT molecular complexity index is 1480. The fourth-order valence-corrected chi connectivity index (χ4v) is 4.45. The minimum absolute atomic E-state index is 0.0537. The van der Waals surface area contributed by atoms with Gasteiger partial charge in [-0.1, -0.05) is 54.6 Å². The highest BCUT2D eigenvalue weighted by molar-refractivity contribution is 6.02. The van der Waals surface area contributed by atoms with Gasteiger partial charge < -0.3 is 19.7 Å². The van der Waals surface area contributed by atoms with E-state index in [1.165, 1.54) is 43.5 Å². The van der Waals surface area contributed by atoms with Gasteiger partial charge in [0.1, 0.15) is 5.69 Å². The maximum atomic E-state index is 14.3. The number of aromatic nitrogens is 1. The Kier molecular flexibility index (Phi) is 7.76. The second kappa shape index (κ2) is 10.7. The standard InChI is InChI=1S/C28H24F6N2O3/c1-16(18-10-12-19(13-11-18)26(38)39-2)35-25(37)24-23(28(32,33)34)21-8-3-4-9-22(21)36(24)15-17-6-5-7-20(14-17)27(29,30)31/h3-14,16,26,38H,15H2,1-2H3,(H,35,37). The van der Waals surface area contributed by atoms with Gasteiger partial charge in [0.15, 0.2) is 6.29 Å². The molecule has 3 aromatic carbocycles. The van der Waals surface area contributed by atoms with Crippen molar-refractivity contribution < 1.29 is 41.0 Å². The normalized spacial score (nSPS) is 13.9. The fraction of sp³-hybridized carbons (Fsp3) is 0.250. The number of nitrogens with zero attached hydrogens (tertiary/aromatic N) is 1. The fourth-order valence-electron chi connectivity index (χ4n) is 4.45. The number of fused-ring (bicyclic) bond motifs is 1. The molecule has 4 aromatic rings. The molecule has 11 heteroatoms. The summed E-state index contributed by atoms with van der Waals surface area (Å²) >= 11 is 0. The highest BCUT2D eigenvalue weighted by Gasteiger charge is 2.41. The smallest absolute Gasteiger partial charge is 0.364 e. The highest BCUT2D eigenvalue weighted by atomic mass is 19.4. The van der Waals surface area contributed by atoms with Crippen LogP contribution in [0.4, 0.5) is 26.3 Å². The number of carbonyl (C=O) groups excluding carboxylic acids is 1. The van der Waals surface area contributed by atoms with Gasteiger partial charge >= 0.3 is 12.4 Å². The zero-order valence-electron chi connectivity index (χ0n) is 20.8. The van der Waals surface area contributed by atoms with Crippen molar-refractivity contribution >= 4 is 16.8 Å². The van der Waals surface area contributed by atoms with Crippen molar-refractivity contribution in [3.8, 4) is 0 Å². The predicted molar refractivity (Wildman–Crippen MR) is 132 cm³/mol. The van der Waals surface area contributed by atoms with Crippen LogP contribution in [0.1, 0.15) is 57.6 Å². The van der Waals surface area contributed by atoms with Crippen molar-refractivity contribution in [3.05, 3.63) is 106 Å². The van der Waals surface area contributed by atoms with Gasteiger partial charge in [0, 0.05) is 30.1 Å². The summed E-state index contributed by atoms with van der Waals surface area (Å²) in [6, 6.07) is 15.3. The number of carbonyl (C=O) groups is 1. The average Bonchev–Trinajstić information content (AvgIpc) is 3.22. The second-order valence-electron chi connectivity index (χ2n) is 8.97. The number of benzene rings is 3. The number of nitrogens with one attached hydrogen (secondary N) is 1. The maximum absolute atomic E-state index is 14.3. The summed E-state index contributed by atoms with van der Waals surface area (Å²) in [5, 5.41) is 12.1. The van der Waals surface area contributed by atoms with Gasteiger partial charge in [0.2, 0.25) is 0 Å². The SMILES string of the molecule is COC(O)c1ccc(C(C)NC(=O)c2c(C(F)(F)F)c3ccccc3n2Cc2cccc(C(F)(F)F)c2)cc1. The molecule has 206 valence electrons. The lowest BCUT2D eigenvalue weighted by molar-refractivity contribution is -0.138. The number of aliphatic hydroxyl groups excluding tert-OH is 1. The number of methoxy groups -OCH3 is 1. The summed E-state index contributed by atoms with van der Waals surface area (Å²) < 4.78 is 88.8. The van der Waals surface area contributed by atoms with E-state index < -0.39 is 54.0 Å². The quantitative estimate of drug-likeness (QED) is 0.195. The number of alkyl halides is 6. The number of ether oxygens (including phenoxy) is 1. The van der Waals surface area contributed by atoms with Crippen molar-refractivity contribution in [2.75, 3.05) is 7.11 Å². The van der Waals surface area contributed by atoms with Crippen molar-refractivity contribution in [2.24, 2.45) is 0 Å². The Labute approximate surface area is 219 Å². The average molecular weight is 550 g/mol. The van der Waals surface area contributed by atoms with E-state index in [1.54, 1.807) is 31.2 Å². The van der Waals surface area contributed by atoms with Gasteiger partial charge in [-0.2, -0.15) is 26.3 Å². The molecule has 0 aliphatic rings. The predicted octanol–water partition coefficient (Wildman–Crippen LogP) is 6.86. The number of rotatable bonds is 7. The molecule has 4 rings (SSSR count). The van der Waals surface area contributed by atoms with E-state index in [0.717, 1.165) is 16.7 Å². The number of aliphatic hydroxyl groups is 1. The molecule has 5 nitrogen and oxygen atoms in total. The van der Waals surface area contributed by atoms with Gasteiger partial charge in [-0.05, 0) is 36.2 Å². The van der Waals surface area contributed by atoms with Crippen LogP contribution in [0.3, 0.4) is 0 Å². The molecule has 0 spiro atoms. The summed E-state index contributed by atoms with van der Waals surface area (Å²) in [4.78, 5) is 13.5. The molecule has 2 unspecified atom stereocenters. The Morgan fingerprint density at radius 2 is 1.56 bits per heavy atom. The first-order valence-electron chi connectivity index (χ1n) is 11.8. The van der Waals surface area contributed by atoms with Gasteiger partial charge in [0.25, 0.3) is 5.91 Å². The molecule has 0 radical (unpaired) electrons. The van der Waals surface area contributed by atoms with Crippen molar-refractivity contribution in [1.29, 1.82) is 0 Å². The third-order valence-electron chi connectivity index (χ3n) is 6.36. The molecule has 0 aliphatic heterocycles. The van der Waals surface area contributed by atoms with E-state index >= 15 is 0 Å². The van der Waals surface area contributed by atoms with Crippen LogP contribution < -0.4 is 5.32 Å². The molecule has 1 aromatic heterocycles. The summed E-state index contributed by atoms with van der Waals surface area (Å²) in [6.07, 6.45) is -10.7. The van der Waals surface area contributed by atoms with Gasteiger partial charge in [-0.3, -0.25) is 4.79 Å². The van der Waals surface area contributed by atoms with Crippen molar-refractivity contribution in [3.63, 3.8) is 0 Å². The minimum Gasteiger partial charge on any atom is -0.364 e. The number of halogens is 6. The van der Waals surface area contributed by atoms with Crippen LogP contribution in [0, 0.1) is 0 Å². The first-order valence-corrected chi connectivity index (χ1v) is 11.8. The molecule has 2 N–H and O–H groups in total. The molecule has 1 amide bonds. The van der Waals surface area contributed by atoms with E-state index in [1.807, 2.05) is 0 Å². The Morgan fingerprint density at radius 1 is 0.923 bits per heavy atom. The molecule has 0 saturated carbocycles. The van der Waals surface area contributed by atoms with Crippen LogP contribution in [0.2, 0.25) is 0 Å². The van der Waals surface area contributed by atoms with E-state index in [2.05, 4.69) is 5.32 Å². The summed E-state index contributed by atoms with van der Waals surface area (Å²) in [5.74, 6) is -1.04. The summed E-state index contributed by atoms with van der Waals surface area (Å²) in [6.45, 7) is 1.17. The largest absolute Gasteiger partial charge is 0.419 e. The summed E-state index contributed by atoms with van der Waals surface area (Å²) in [7, 11) is 1.32. The van der Waals surface area contributed by atoms with Crippen molar-refractivity contribution in [2.45, 2.75) is 38.2 Å². The molecule has 0 aliphatic carbocycles. The first kappa shape index (κ1) is 28.2. The van der Waals surface area contributed by atoms with E-state index in [0.29, 0.717) is 11.1 Å². The van der Waals surface area contributed by atoms with Crippen molar-refractivity contribution in [1.82, 2.24) is 9.88 Å². The molecular weight excluding hydrogens is 526 g/mol. The first-order chi connectivity index (χ1) is 18.3. The maximum Gasteiger partial charge on any atom is 0.419 e. The van der Waals surface area contributed by atoms with E-state index in [4.69, 9.17) is 4.74 Å².